The largest absolute Gasteiger partial charge is 0.236 e. The van der Waals surface area contributed by atoms with Crippen LogP contribution in [0.1, 0.15) is 30.0 Å². The minimum absolute atomic E-state index is 0.868. The van der Waals surface area contributed by atoms with Crippen LogP contribution < -0.4 is 0 Å². The van der Waals surface area contributed by atoms with Gasteiger partial charge in [0, 0.05) is 23.5 Å². The molecule has 2 aromatic heterocycles. The van der Waals surface area contributed by atoms with E-state index in [0.717, 1.165) is 34.3 Å². The first-order chi connectivity index (χ1) is 14.6. The molecule has 0 fully saturated rings. The molecule has 0 N–H and O–H groups in total. The monoisotopic (exact) mass is 391 g/mol. The number of aromatic nitrogens is 3. The fraction of sp³-hybridized carbons (Fsp3) is 0.154. The van der Waals surface area contributed by atoms with Crippen LogP contribution in [0.5, 0.6) is 0 Å². The summed E-state index contributed by atoms with van der Waals surface area (Å²) in [7, 11) is 2.14. The molecule has 4 aromatic rings. The van der Waals surface area contributed by atoms with Crippen LogP contribution in [-0.4, -0.2) is 22.4 Å². The quantitative estimate of drug-likeness (QED) is 0.327. The number of hydrogen-bond donors (Lipinski definition) is 0. The van der Waals surface area contributed by atoms with Crippen LogP contribution in [0.25, 0.3) is 34.0 Å². The van der Waals surface area contributed by atoms with Crippen LogP contribution in [0.4, 0.5) is 0 Å². The summed E-state index contributed by atoms with van der Waals surface area (Å²) in [5, 5.41) is 4.61. The van der Waals surface area contributed by atoms with Gasteiger partial charge in [0.2, 0.25) is 0 Å². The second kappa shape index (κ2) is 8.54. The molecule has 2 heterocycles. The summed E-state index contributed by atoms with van der Waals surface area (Å²) in [5.74, 6) is 0. The summed E-state index contributed by atoms with van der Waals surface area (Å²) in [4.78, 5) is 4.78. The molecule has 0 aliphatic heterocycles. The van der Waals surface area contributed by atoms with Crippen molar-refractivity contribution in [2.75, 3.05) is 0 Å². The maximum Gasteiger partial charge on any atom is 0.162 e. The molecule has 0 saturated carbocycles. The van der Waals surface area contributed by atoms with E-state index in [2.05, 4.69) is 101 Å². The Labute approximate surface area is 179 Å². The van der Waals surface area contributed by atoms with E-state index in [-0.39, 0.29) is 0 Å². The molecule has 2 aromatic carbocycles. The molecule has 148 valence electrons. The smallest absolute Gasteiger partial charge is 0.162 e. The minimum Gasteiger partial charge on any atom is -0.236 e. The lowest BCUT2D eigenvalue weighted by Gasteiger charge is -2.09. The third kappa shape index (κ3) is 3.99. The van der Waals surface area contributed by atoms with Gasteiger partial charge in [0.25, 0.3) is 0 Å². The molecule has 0 radical (unpaired) electrons. The Morgan fingerprint density at radius 1 is 1.00 bits per heavy atom. The molecule has 0 unspecified atom stereocenters. The van der Waals surface area contributed by atoms with Gasteiger partial charge in [0.05, 0.1) is 6.20 Å². The number of rotatable bonds is 5. The normalized spacial score (nSPS) is 12.2. The molecule has 0 saturated heterocycles. The van der Waals surface area contributed by atoms with Gasteiger partial charge in [0.15, 0.2) is 5.65 Å². The summed E-state index contributed by atoms with van der Waals surface area (Å²) in [5.41, 5.74) is 10.2. The van der Waals surface area contributed by atoms with E-state index in [9.17, 15) is 0 Å². The second-order valence-electron chi connectivity index (χ2n) is 7.76. The van der Waals surface area contributed by atoms with Gasteiger partial charge in [-0.1, -0.05) is 78.7 Å². The van der Waals surface area contributed by atoms with Crippen LogP contribution in [0.3, 0.4) is 0 Å². The van der Waals surface area contributed by atoms with Crippen molar-refractivity contribution in [2.24, 2.45) is 0 Å². The van der Waals surface area contributed by atoms with E-state index in [1.54, 1.807) is 0 Å². The number of hydrogen-bond acceptors (Lipinski definition) is 2. The lowest BCUT2D eigenvalue weighted by Crippen LogP contribution is -1.93. The van der Waals surface area contributed by atoms with Gasteiger partial charge < -0.3 is 0 Å². The first-order valence-electron chi connectivity index (χ1n) is 10.4. The van der Waals surface area contributed by atoms with Crippen LogP contribution in [0.15, 0.2) is 78.7 Å². The maximum absolute atomic E-state index is 4.78. The van der Waals surface area contributed by atoms with Crippen molar-refractivity contribution in [1.29, 1.82) is 0 Å². The van der Waals surface area contributed by atoms with E-state index in [4.69, 9.17) is 4.98 Å². The Morgan fingerprint density at radius 2 is 1.80 bits per heavy atom. The van der Waals surface area contributed by atoms with Crippen molar-refractivity contribution in [1.82, 2.24) is 14.6 Å². The van der Waals surface area contributed by atoms with Gasteiger partial charge in [-0.3, -0.25) is 0 Å². The Morgan fingerprint density at radius 3 is 2.57 bits per heavy atom. The molecular formula is C26H26BN3. The van der Waals surface area contributed by atoms with Crippen LogP contribution >= 0.6 is 0 Å². The summed E-state index contributed by atoms with van der Waals surface area (Å²) in [6, 6.07) is 14.9. The molecule has 0 atom stereocenters. The molecule has 3 nitrogen and oxygen atoms in total. The van der Waals surface area contributed by atoms with Gasteiger partial charge in [-0.25, -0.2) is 9.50 Å². The van der Waals surface area contributed by atoms with E-state index >= 15 is 0 Å². The Kier molecular flexibility index (Phi) is 5.67. The van der Waals surface area contributed by atoms with E-state index in [0.29, 0.717) is 0 Å². The van der Waals surface area contributed by atoms with Crippen molar-refractivity contribution in [3.8, 4) is 22.3 Å². The first kappa shape index (κ1) is 19.9. The van der Waals surface area contributed by atoms with Crippen LogP contribution in [0.2, 0.25) is 0 Å². The summed E-state index contributed by atoms with van der Waals surface area (Å²) < 4.78 is 1.88. The lowest BCUT2D eigenvalue weighted by atomic mass is 9.91. The van der Waals surface area contributed by atoms with Gasteiger partial charge in [-0.2, -0.15) is 5.10 Å². The predicted molar refractivity (Wildman–Crippen MR) is 129 cm³/mol. The highest BCUT2D eigenvalue weighted by atomic mass is 15.2. The Balaban J connectivity index is 1.78. The van der Waals surface area contributed by atoms with Crippen molar-refractivity contribution < 1.29 is 0 Å². The van der Waals surface area contributed by atoms with Gasteiger partial charge >= 0.3 is 0 Å². The standard InChI is InChI=1S/C26H26BN3/c1-4-6-22(27)13-14-23-19(3)7-5-8-24(23)25-16-29-30-17-21(15-28-26(25)30)20-11-9-18(2)10-12-20/h5-17H,4,27H2,1-3H3/b14-13-,22-6-. The molecule has 0 spiro atoms. The third-order valence-electron chi connectivity index (χ3n) is 5.39. The molecule has 0 bridgehead atoms. The maximum atomic E-state index is 4.78. The number of nitrogens with zero attached hydrogens (tertiary/aromatic N) is 3. The zero-order chi connectivity index (χ0) is 21.1. The zero-order valence-electron chi connectivity index (χ0n) is 18.1. The number of benzene rings is 2. The van der Waals surface area contributed by atoms with Crippen molar-refractivity contribution >= 4 is 19.6 Å². The number of aryl methyl sites for hydroxylation is 2. The highest BCUT2D eigenvalue weighted by Gasteiger charge is 2.13. The molecule has 30 heavy (non-hydrogen) atoms. The van der Waals surface area contributed by atoms with Crippen molar-refractivity contribution in [3.05, 3.63) is 95.4 Å². The highest BCUT2D eigenvalue weighted by Crippen LogP contribution is 2.31. The van der Waals surface area contributed by atoms with Gasteiger partial charge in [-0.15, -0.1) is 0 Å². The summed E-state index contributed by atoms with van der Waals surface area (Å²) >= 11 is 0. The lowest BCUT2D eigenvalue weighted by molar-refractivity contribution is 0.941. The summed E-state index contributed by atoms with van der Waals surface area (Å²) in [6.45, 7) is 6.40. The fourth-order valence-corrected chi connectivity index (χ4v) is 3.70. The minimum atomic E-state index is 0.868. The topological polar surface area (TPSA) is 30.2 Å². The summed E-state index contributed by atoms with van der Waals surface area (Å²) in [6.07, 6.45) is 13.6. The van der Waals surface area contributed by atoms with E-state index in [1.165, 1.54) is 22.2 Å². The number of allylic oxidation sites excluding steroid dienone is 3. The van der Waals surface area contributed by atoms with Gasteiger partial charge in [-0.05, 0) is 42.5 Å². The molecule has 0 aliphatic carbocycles. The number of fused-ring (bicyclic) bond motifs is 1. The molecule has 0 amide bonds. The average molecular weight is 391 g/mol. The SMILES string of the molecule is BC(/C=C\c1c(C)cccc1-c1cnn2cc(-c3ccc(C)cc3)cnc12)=C\CC. The van der Waals surface area contributed by atoms with E-state index < -0.39 is 0 Å². The Hall–Kier alpha value is -3.40. The van der Waals surface area contributed by atoms with E-state index in [1.807, 2.05) is 16.9 Å². The molecule has 0 aliphatic rings. The predicted octanol–water partition coefficient (Wildman–Crippen LogP) is 5.62. The van der Waals surface area contributed by atoms with Crippen molar-refractivity contribution in [3.63, 3.8) is 0 Å². The van der Waals surface area contributed by atoms with Crippen LogP contribution in [-0.2, 0) is 0 Å². The third-order valence-corrected chi connectivity index (χ3v) is 5.39. The Bertz CT molecular complexity index is 1250. The molecule has 4 rings (SSSR count). The second-order valence-corrected chi connectivity index (χ2v) is 7.76. The van der Waals surface area contributed by atoms with Crippen LogP contribution in [0, 0.1) is 13.8 Å². The van der Waals surface area contributed by atoms with Gasteiger partial charge in [0.1, 0.15) is 7.85 Å². The fourth-order valence-electron chi connectivity index (χ4n) is 3.70. The first-order valence-corrected chi connectivity index (χ1v) is 10.4. The zero-order valence-corrected chi connectivity index (χ0v) is 18.1. The molecule has 4 heteroatoms. The van der Waals surface area contributed by atoms with Crippen molar-refractivity contribution in [2.45, 2.75) is 27.2 Å². The molecular weight excluding hydrogens is 365 g/mol. The highest BCUT2D eigenvalue weighted by molar-refractivity contribution is 6.23. The average Bonchev–Trinajstić information content (AvgIpc) is 3.16.